The number of piperazine rings is 1. The number of likely N-dealkylation sites (N-methyl/N-ethyl adjacent to an activating group) is 1. The Hall–Kier alpha value is -0.120. The van der Waals surface area contributed by atoms with Gasteiger partial charge in [0.25, 0.3) is 0 Å². The predicted octanol–water partition coefficient (Wildman–Crippen LogP) is 1.14. The fourth-order valence-electron chi connectivity index (χ4n) is 3.35. The fraction of sp³-hybridized carbons (Fsp3) is 1.00. The van der Waals surface area contributed by atoms with E-state index < -0.39 is 0 Å². The Morgan fingerprint density at radius 2 is 2.06 bits per heavy atom. The second-order valence-electron chi connectivity index (χ2n) is 5.68. The van der Waals surface area contributed by atoms with Crippen molar-refractivity contribution in [3.8, 4) is 0 Å². The highest BCUT2D eigenvalue weighted by Gasteiger charge is 2.27. The van der Waals surface area contributed by atoms with Crippen molar-refractivity contribution >= 4 is 0 Å². The summed E-state index contributed by atoms with van der Waals surface area (Å²) in [4.78, 5) is 5.23. The van der Waals surface area contributed by atoms with Gasteiger partial charge < -0.3 is 10.6 Å². The molecule has 94 valence electrons. The minimum absolute atomic E-state index is 0.486. The summed E-state index contributed by atoms with van der Waals surface area (Å²) < 4.78 is 0. The summed E-state index contributed by atoms with van der Waals surface area (Å²) >= 11 is 0. The molecule has 3 nitrogen and oxygen atoms in total. The molecule has 2 rings (SSSR count). The van der Waals surface area contributed by atoms with Gasteiger partial charge in [-0.1, -0.05) is 6.92 Å². The summed E-state index contributed by atoms with van der Waals surface area (Å²) in [5.41, 5.74) is 5.97. The molecule has 1 saturated heterocycles. The van der Waals surface area contributed by atoms with Gasteiger partial charge in [-0.15, -0.1) is 0 Å². The smallest absolute Gasteiger partial charge is 0.0195 e. The highest BCUT2D eigenvalue weighted by molar-refractivity contribution is 4.84. The van der Waals surface area contributed by atoms with Gasteiger partial charge in [-0.3, -0.25) is 4.90 Å². The molecule has 0 amide bonds. The Labute approximate surface area is 100.0 Å². The summed E-state index contributed by atoms with van der Waals surface area (Å²) in [7, 11) is 0. The van der Waals surface area contributed by atoms with Gasteiger partial charge in [-0.25, -0.2) is 0 Å². The van der Waals surface area contributed by atoms with Crippen molar-refractivity contribution in [1.82, 2.24) is 9.80 Å². The second kappa shape index (κ2) is 5.48. The van der Waals surface area contributed by atoms with Crippen LogP contribution in [-0.4, -0.2) is 54.6 Å². The molecule has 3 atom stereocenters. The summed E-state index contributed by atoms with van der Waals surface area (Å²) in [6.45, 7) is 10.9. The normalized spacial score (nSPS) is 38.1. The van der Waals surface area contributed by atoms with Crippen LogP contribution in [0.4, 0.5) is 0 Å². The number of hydrogen-bond acceptors (Lipinski definition) is 3. The summed E-state index contributed by atoms with van der Waals surface area (Å²) in [6, 6.07) is 1.22. The first-order valence-electron chi connectivity index (χ1n) is 6.91. The van der Waals surface area contributed by atoms with Crippen LogP contribution >= 0.6 is 0 Å². The van der Waals surface area contributed by atoms with Crippen LogP contribution < -0.4 is 5.73 Å². The first-order valence-corrected chi connectivity index (χ1v) is 6.91. The number of nitrogens with zero attached hydrogens (tertiary/aromatic N) is 2. The van der Waals surface area contributed by atoms with Crippen LogP contribution in [0.3, 0.4) is 0 Å². The van der Waals surface area contributed by atoms with E-state index in [0.29, 0.717) is 6.04 Å². The van der Waals surface area contributed by atoms with Crippen LogP contribution in [0.2, 0.25) is 0 Å². The van der Waals surface area contributed by atoms with E-state index in [1.807, 2.05) is 0 Å². The van der Waals surface area contributed by atoms with E-state index in [0.717, 1.165) is 12.0 Å². The molecule has 3 unspecified atom stereocenters. The summed E-state index contributed by atoms with van der Waals surface area (Å²) in [5.74, 6) is 0.871. The van der Waals surface area contributed by atoms with Gasteiger partial charge in [-0.05, 0) is 38.6 Å². The van der Waals surface area contributed by atoms with Gasteiger partial charge in [0.15, 0.2) is 0 Å². The molecule has 3 heteroatoms. The molecule has 0 bridgehead atoms. The molecular weight excluding hydrogens is 198 g/mol. The SMILES string of the molecule is CCN1CCN(CC2CCC(N)C2)CC1C. The van der Waals surface area contributed by atoms with E-state index in [1.54, 1.807) is 0 Å². The third kappa shape index (κ3) is 2.96. The van der Waals surface area contributed by atoms with E-state index in [9.17, 15) is 0 Å². The lowest BCUT2D eigenvalue weighted by molar-refractivity contribution is 0.0776. The maximum Gasteiger partial charge on any atom is 0.0195 e. The maximum atomic E-state index is 5.97. The monoisotopic (exact) mass is 225 g/mol. The quantitative estimate of drug-likeness (QED) is 0.782. The second-order valence-corrected chi connectivity index (χ2v) is 5.68. The van der Waals surface area contributed by atoms with E-state index in [1.165, 1.54) is 52.0 Å². The van der Waals surface area contributed by atoms with E-state index in [2.05, 4.69) is 23.6 Å². The molecule has 16 heavy (non-hydrogen) atoms. The average Bonchev–Trinajstić information content (AvgIpc) is 2.64. The molecule has 1 heterocycles. The average molecular weight is 225 g/mol. The molecule has 0 radical (unpaired) electrons. The first kappa shape index (κ1) is 12.3. The zero-order valence-electron chi connectivity index (χ0n) is 10.9. The standard InChI is InChI=1S/C13H27N3/c1-3-16-7-6-15(9-11(16)2)10-12-4-5-13(14)8-12/h11-13H,3-10,14H2,1-2H3. The molecule has 0 aromatic heterocycles. The number of hydrogen-bond donors (Lipinski definition) is 1. The molecule has 1 aliphatic heterocycles. The van der Waals surface area contributed by atoms with Crippen molar-refractivity contribution < 1.29 is 0 Å². The van der Waals surface area contributed by atoms with E-state index in [4.69, 9.17) is 5.73 Å². The topological polar surface area (TPSA) is 32.5 Å². The summed E-state index contributed by atoms with van der Waals surface area (Å²) in [6.07, 6.45) is 3.85. The van der Waals surface area contributed by atoms with Crippen LogP contribution in [0.15, 0.2) is 0 Å². The number of rotatable bonds is 3. The van der Waals surface area contributed by atoms with Gasteiger partial charge in [0.2, 0.25) is 0 Å². The molecular formula is C13H27N3. The maximum absolute atomic E-state index is 5.97. The van der Waals surface area contributed by atoms with E-state index >= 15 is 0 Å². The Morgan fingerprint density at radius 3 is 2.62 bits per heavy atom. The Kier molecular flexibility index (Phi) is 4.22. The highest BCUT2D eigenvalue weighted by Crippen LogP contribution is 2.25. The lowest BCUT2D eigenvalue weighted by Crippen LogP contribution is -2.52. The Morgan fingerprint density at radius 1 is 1.25 bits per heavy atom. The highest BCUT2D eigenvalue weighted by atomic mass is 15.3. The largest absolute Gasteiger partial charge is 0.328 e. The van der Waals surface area contributed by atoms with Crippen molar-refractivity contribution in [2.24, 2.45) is 11.7 Å². The van der Waals surface area contributed by atoms with Gasteiger partial charge in [0, 0.05) is 38.3 Å². The molecule has 2 aliphatic rings. The third-order valence-corrected chi connectivity index (χ3v) is 4.35. The predicted molar refractivity (Wildman–Crippen MR) is 68.5 cm³/mol. The van der Waals surface area contributed by atoms with Crippen molar-refractivity contribution in [2.75, 3.05) is 32.7 Å². The lowest BCUT2D eigenvalue weighted by atomic mass is 10.1. The van der Waals surface area contributed by atoms with Crippen LogP contribution in [0.5, 0.6) is 0 Å². The van der Waals surface area contributed by atoms with Gasteiger partial charge >= 0.3 is 0 Å². The fourth-order valence-corrected chi connectivity index (χ4v) is 3.35. The molecule has 1 aliphatic carbocycles. The molecule has 0 aromatic carbocycles. The van der Waals surface area contributed by atoms with Gasteiger partial charge in [-0.2, -0.15) is 0 Å². The zero-order chi connectivity index (χ0) is 11.5. The Balaban J connectivity index is 1.75. The summed E-state index contributed by atoms with van der Waals surface area (Å²) in [5, 5.41) is 0. The van der Waals surface area contributed by atoms with Crippen LogP contribution in [0, 0.1) is 5.92 Å². The van der Waals surface area contributed by atoms with Crippen molar-refractivity contribution in [3.05, 3.63) is 0 Å². The van der Waals surface area contributed by atoms with Crippen LogP contribution in [0.1, 0.15) is 33.1 Å². The van der Waals surface area contributed by atoms with Crippen molar-refractivity contribution in [3.63, 3.8) is 0 Å². The minimum atomic E-state index is 0.486. The van der Waals surface area contributed by atoms with Gasteiger partial charge in [0.1, 0.15) is 0 Å². The van der Waals surface area contributed by atoms with E-state index in [-0.39, 0.29) is 0 Å². The van der Waals surface area contributed by atoms with Gasteiger partial charge in [0.05, 0.1) is 0 Å². The molecule has 0 spiro atoms. The minimum Gasteiger partial charge on any atom is -0.328 e. The molecule has 2 fully saturated rings. The van der Waals surface area contributed by atoms with Crippen LogP contribution in [-0.2, 0) is 0 Å². The number of nitrogens with two attached hydrogens (primary N) is 1. The molecule has 0 aromatic rings. The lowest BCUT2D eigenvalue weighted by Gasteiger charge is -2.40. The Bertz CT molecular complexity index is 219. The van der Waals surface area contributed by atoms with Crippen LogP contribution in [0.25, 0.3) is 0 Å². The molecule has 2 N–H and O–H groups in total. The zero-order valence-corrected chi connectivity index (χ0v) is 10.9. The molecule has 1 saturated carbocycles. The van der Waals surface area contributed by atoms with Crippen molar-refractivity contribution in [1.29, 1.82) is 0 Å². The third-order valence-electron chi connectivity index (χ3n) is 4.35. The van der Waals surface area contributed by atoms with Crippen molar-refractivity contribution in [2.45, 2.75) is 45.2 Å². The first-order chi connectivity index (χ1) is 7.69.